The molecule has 2 atom stereocenters. The molecule has 3 N–H and O–H groups in total. The molecule has 0 bridgehead atoms. The van der Waals surface area contributed by atoms with Crippen molar-refractivity contribution in [1.82, 2.24) is 5.32 Å². The van der Waals surface area contributed by atoms with Gasteiger partial charge in [-0.2, -0.15) is 0 Å². The van der Waals surface area contributed by atoms with Gasteiger partial charge in [0.1, 0.15) is 0 Å². The highest BCUT2D eigenvalue weighted by Crippen LogP contribution is 2.19. The first kappa shape index (κ1) is 76.1. The molecule has 458 valence electrons. The van der Waals surface area contributed by atoms with E-state index in [1.54, 1.807) is 6.08 Å². The van der Waals surface area contributed by atoms with Crippen LogP contribution in [0.1, 0.15) is 386 Å². The quantitative estimate of drug-likeness (QED) is 0.0420. The highest BCUT2D eigenvalue weighted by molar-refractivity contribution is 5.76. The molecule has 0 aliphatic rings. The second-order valence-electron chi connectivity index (χ2n) is 24.3. The van der Waals surface area contributed by atoms with Crippen LogP contribution >= 0.6 is 0 Å². The van der Waals surface area contributed by atoms with E-state index in [1.165, 1.54) is 321 Å². The van der Waals surface area contributed by atoms with Crippen LogP contribution in [-0.4, -0.2) is 34.9 Å². The number of carbonyl (C=O) groups is 1. The fourth-order valence-electron chi connectivity index (χ4n) is 11.1. The molecular weight excluding hydrogens is 951 g/mol. The monoisotopic (exact) mass is 1090 g/mol. The molecule has 1 amide bonds. The maximum atomic E-state index is 12.5. The highest BCUT2D eigenvalue weighted by Gasteiger charge is 2.18. The predicted molar refractivity (Wildman–Crippen MR) is 350 cm³/mol. The molecule has 0 aliphatic heterocycles. The van der Waals surface area contributed by atoms with Gasteiger partial charge < -0.3 is 15.5 Å². The number of hydrogen-bond acceptors (Lipinski definition) is 3. The summed E-state index contributed by atoms with van der Waals surface area (Å²) >= 11 is 0. The van der Waals surface area contributed by atoms with E-state index in [2.05, 4.69) is 67.8 Å². The first-order valence-corrected chi connectivity index (χ1v) is 35.5. The number of hydrogen-bond donors (Lipinski definition) is 3. The van der Waals surface area contributed by atoms with Gasteiger partial charge in [0.2, 0.25) is 5.91 Å². The molecule has 4 nitrogen and oxygen atoms in total. The van der Waals surface area contributed by atoms with Gasteiger partial charge >= 0.3 is 0 Å². The van der Waals surface area contributed by atoms with Gasteiger partial charge in [0, 0.05) is 6.42 Å². The first-order chi connectivity index (χ1) is 38.7. The number of allylic oxidation sites excluding steroid dienone is 9. The molecule has 0 aliphatic carbocycles. The van der Waals surface area contributed by atoms with Gasteiger partial charge in [-0.3, -0.25) is 4.79 Å². The number of carbonyl (C=O) groups excluding carboxylic acids is 1. The lowest BCUT2D eigenvalue weighted by molar-refractivity contribution is -0.123. The number of amides is 1. The van der Waals surface area contributed by atoms with E-state index in [0.717, 1.165) is 44.9 Å². The molecular formula is C74H139NO3. The molecule has 4 heteroatoms. The Morgan fingerprint density at radius 3 is 0.833 bits per heavy atom. The van der Waals surface area contributed by atoms with Crippen LogP contribution in [0.5, 0.6) is 0 Å². The number of aliphatic hydroxyl groups is 2. The molecule has 0 radical (unpaired) electrons. The summed E-state index contributed by atoms with van der Waals surface area (Å²) in [5, 5.41) is 23.3. The summed E-state index contributed by atoms with van der Waals surface area (Å²) in [6, 6.07) is -0.642. The highest BCUT2D eigenvalue weighted by atomic mass is 16.3. The molecule has 0 saturated heterocycles. The van der Waals surface area contributed by atoms with Crippen molar-refractivity contribution in [1.29, 1.82) is 0 Å². The van der Waals surface area contributed by atoms with Crippen LogP contribution < -0.4 is 5.32 Å². The van der Waals surface area contributed by atoms with Crippen LogP contribution in [0, 0.1) is 0 Å². The molecule has 0 saturated carbocycles. The van der Waals surface area contributed by atoms with E-state index in [9.17, 15) is 15.0 Å². The second-order valence-corrected chi connectivity index (χ2v) is 24.3. The van der Waals surface area contributed by atoms with Crippen molar-refractivity contribution in [3.63, 3.8) is 0 Å². The van der Waals surface area contributed by atoms with Crippen LogP contribution in [0.4, 0.5) is 0 Å². The van der Waals surface area contributed by atoms with Gasteiger partial charge in [0.15, 0.2) is 0 Å². The molecule has 0 aromatic carbocycles. The van der Waals surface area contributed by atoms with Crippen LogP contribution in [-0.2, 0) is 4.79 Å². The Morgan fingerprint density at radius 2 is 0.538 bits per heavy atom. The van der Waals surface area contributed by atoms with Crippen LogP contribution in [0.25, 0.3) is 0 Å². The Bertz CT molecular complexity index is 1280. The van der Waals surface area contributed by atoms with Gasteiger partial charge in [0.05, 0.1) is 18.8 Å². The normalized spacial score (nSPS) is 13.0. The smallest absolute Gasteiger partial charge is 0.220 e. The summed E-state index contributed by atoms with van der Waals surface area (Å²) in [5.41, 5.74) is 0. The maximum Gasteiger partial charge on any atom is 0.220 e. The third-order valence-corrected chi connectivity index (χ3v) is 16.5. The third kappa shape index (κ3) is 64.9. The number of unbranched alkanes of at least 4 members (excludes halogenated alkanes) is 51. The molecule has 78 heavy (non-hydrogen) atoms. The van der Waals surface area contributed by atoms with E-state index in [1.807, 2.05) is 6.08 Å². The first-order valence-electron chi connectivity index (χ1n) is 35.5. The van der Waals surface area contributed by atoms with Crippen molar-refractivity contribution in [3.8, 4) is 0 Å². The average Bonchev–Trinajstić information content (AvgIpc) is 3.44. The van der Waals surface area contributed by atoms with Crippen molar-refractivity contribution in [2.24, 2.45) is 0 Å². The van der Waals surface area contributed by atoms with Crippen LogP contribution in [0.3, 0.4) is 0 Å². The van der Waals surface area contributed by atoms with Gasteiger partial charge in [0.25, 0.3) is 0 Å². The zero-order valence-corrected chi connectivity index (χ0v) is 53.0. The van der Waals surface area contributed by atoms with E-state index >= 15 is 0 Å². The number of nitrogens with one attached hydrogen (secondary N) is 1. The van der Waals surface area contributed by atoms with E-state index < -0.39 is 12.1 Å². The SMILES string of the molecule is CCCCCCC/C=C\C/C=C\C/C=C\CCCCCCCCCCCCCCCCCCCCC(=O)NC(CO)C(O)/C=C/CC/C=C/CCCCCCCCCCCCCCCCCCCCCCCCCCCCC. The van der Waals surface area contributed by atoms with Gasteiger partial charge in [-0.25, -0.2) is 0 Å². The fraction of sp³-hybridized carbons (Fsp3) is 0.851. The zero-order valence-electron chi connectivity index (χ0n) is 53.0. The zero-order chi connectivity index (χ0) is 56.2. The Morgan fingerprint density at radius 1 is 0.308 bits per heavy atom. The second kappa shape index (κ2) is 69.4. The number of rotatable bonds is 66. The van der Waals surface area contributed by atoms with Crippen LogP contribution in [0.15, 0.2) is 60.8 Å². The predicted octanol–water partition coefficient (Wildman–Crippen LogP) is 24.3. The molecule has 0 rings (SSSR count). The van der Waals surface area contributed by atoms with E-state index in [-0.39, 0.29) is 12.5 Å². The summed E-state index contributed by atoms with van der Waals surface area (Å²) < 4.78 is 0. The summed E-state index contributed by atoms with van der Waals surface area (Å²) in [6.07, 6.45) is 98.9. The maximum absolute atomic E-state index is 12.5. The molecule has 0 heterocycles. The van der Waals surface area contributed by atoms with Crippen molar-refractivity contribution in [2.45, 2.75) is 398 Å². The topological polar surface area (TPSA) is 69.6 Å². The Kier molecular flexibility index (Phi) is 67.7. The minimum absolute atomic E-state index is 0.0683. The van der Waals surface area contributed by atoms with Crippen LogP contribution in [0.2, 0.25) is 0 Å². The molecule has 0 aromatic rings. The third-order valence-electron chi connectivity index (χ3n) is 16.5. The van der Waals surface area contributed by atoms with Crippen molar-refractivity contribution < 1.29 is 15.0 Å². The Hall–Kier alpha value is -1.91. The van der Waals surface area contributed by atoms with Gasteiger partial charge in [-0.05, 0) is 70.6 Å². The molecule has 0 spiro atoms. The summed E-state index contributed by atoms with van der Waals surface area (Å²) in [4.78, 5) is 12.5. The standard InChI is InChI=1S/C74H139NO3/c1-3-5-7-9-11-13-15-17-19-21-23-25-27-29-31-33-35-37-39-41-43-45-47-49-51-53-55-57-59-61-63-65-67-69-73(77)72(71-76)75-74(78)70-68-66-64-62-60-58-56-54-52-50-48-46-44-42-40-38-36-34-32-30-28-26-24-22-20-18-16-14-12-10-8-6-4-2/h16,18,22,24,28,30,59,61,67,69,72-73,76-77H,3-15,17,19-21,23,25-27,29,31-58,60,62-66,68,70-71H2,1-2H3,(H,75,78)/b18-16-,24-22-,30-28-,61-59+,69-67+. The minimum atomic E-state index is -0.865. The van der Waals surface area contributed by atoms with E-state index in [4.69, 9.17) is 0 Å². The minimum Gasteiger partial charge on any atom is -0.394 e. The molecule has 2 unspecified atom stereocenters. The van der Waals surface area contributed by atoms with Crippen molar-refractivity contribution in [3.05, 3.63) is 60.8 Å². The lowest BCUT2D eigenvalue weighted by Gasteiger charge is -2.19. The summed E-state index contributed by atoms with van der Waals surface area (Å²) in [7, 11) is 0. The average molecular weight is 1090 g/mol. The molecule has 0 fully saturated rings. The van der Waals surface area contributed by atoms with Gasteiger partial charge in [-0.15, -0.1) is 0 Å². The number of aliphatic hydroxyl groups excluding tert-OH is 2. The molecule has 0 aromatic heterocycles. The lowest BCUT2D eigenvalue weighted by Crippen LogP contribution is -2.45. The largest absolute Gasteiger partial charge is 0.394 e. The summed E-state index contributed by atoms with van der Waals surface area (Å²) in [6.45, 7) is 4.33. The van der Waals surface area contributed by atoms with Crippen molar-refractivity contribution >= 4 is 5.91 Å². The lowest BCUT2D eigenvalue weighted by atomic mass is 10.0. The Labute approximate surface area is 489 Å². The van der Waals surface area contributed by atoms with E-state index in [0.29, 0.717) is 6.42 Å². The van der Waals surface area contributed by atoms with Gasteiger partial charge in [-0.1, -0.05) is 370 Å². The van der Waals surface area contributed by atoms with Crippen molar-refractivity contribution in [2.75, 3.05) is 6.61 Å². The fourth-order valence-corrected chi connectivity index (χ4v) is 11.1. The Balaban J connectivity index is 3.46. The summed E-state index contributed by atoms with van der Waals surface area (Å²) in [5.74, 6) is -0.0683.